The van der Waals surface area contributed by atoms with Crippen LogP contribution in [0.5, 0.6) is 0 Å². The van der Waals surface area contributed by atoms with Crippen LogP contribution in [-0.2, 0) is 5.41 Å². The Labute approximate surface area is 292 Å². The van der Waals surface area contributed by atoms with Crippen LogP contribution in [0.25, 0.3) is 55.5 Å². The molecule has 0 amide bonds. The van der Waals surface area contributed by atoms with Crippen LogP contribution in [0, 0.1) is 0 Å². The van der Waals surface area contributed by atoms with Gasteiger partial charge in [0, 0.05) is 33.8 Å². The number of para-hydroxylation sites is 1. The molecular formula is C48H34N2. The Kier molecular flexibility index (Phi) is 6.57. The lowest BCUT2D eigenvalue weighted by molar-refractivity contribution is 0.764. The second kappa shape index (κ2) is 11.4. The highest BCUT2D eigenvalue weighted by Gasteiger charge is 2.48. The first kappa shape index (κ1) is 28.7. The van der Waals surface area contributed by atoms with Crippen molar-refractivity contribution < 1.29 is 0 Å². The summed E-state index contributed by atoms with van der Waals surface area (Å²) in [4.78, 5) is 5.01. The fourth-order valence-corrected chi connectivity index (χ4v) is 8.71. The third-order valence-corrected chi connectivity index (χ3v) is 10.8. The van der Waals surface area contributed by atoms with Gasteiger partial charge in [-0.3, -0.25) is 4.98 Å². The molecule has 10 rings (SSSR count). The predicted octanol–water partition coefficient (Wildman–Crippen LogP) is 12.0. The highest BCUT2D eigenvalue weighted by atomic mass is 15.0. The molecule has 0 spiro atoms. The Hall–Kier alpha value is -6.25. The number of hydrogen-bond donors (Lipinski definition) is 0. The van der Waals surface area contributed by atoms with Gasteiger partial charge in [-0.15, -0.1) is 0 Å². The second-order valence-corrected chi connectivity index (χ2v) is 13.4. The molecular weight excluding hydrogens is 605 g/mol. The molecule has 2 heterocycles. The highest BCUT2D eigenvalue weighted by molar-refractivity contribution is 6.15. The lowest BCUT2D eigenvalue weighted by Crippen LogP contribution is -2.29. The minimum atomic E-state index is -0.467. The van der Waals surface area contributed by atoms with Crippen LogP contribution in [0.4, 0.5) is 0 Å². The molecule has 0 atom stereocenters. The van der Waals surface area contributed by atoms with Crippen molar-refractivity contribution in [3.8, 4) is 28.1 Å². The van der Waals surface area contributed by atoms with Crippen molar-refractivity contribution in [3.05, 3.63) is 210 Å². The van der Waals surface area contributed by atoms with Gasteiger partial charge in [0.2, 0.25) is 0 Å². The van der Waals surface area contributed by atoms with Crippen LogP contribution in [0.2, 0.25) is 0 Å². The number of aromatic nitrogens is 2. The molecule has 6 aromatic carbocycles. The molecule has 2 heteroatoms. The molecule has 0 bridgehead atoms. The van der Waals surface area contributed by atoms with E-state index < -0.39 is 5.41 Å². The summed E-state index contributed by atoms with van der Waals surface area (Å²) < 4.78 is 2.45. The molecule has 0 aliphatic heterocycles. The summed E-state index contributed by atoms with van der Waals surface area (Å²) in [5, 5.41) is 2.55. The fraction of sp³-hybridized carbons (Fsp3) is 0.0625. The third-order valence-electron chi connectivity index (χ3n) is 10.8. The quantitative estimate of drug-likeness (QED) is 0.183. The minimum Gasteiger partial charge on any atom is -0.309 e. The van der Waals surface area contributed by atoms with Gasteiger partial charge in [-0.25, -0.2) is 0 Å². The topological polar surface area (TPSA) is 17.8 Å². The van der Waals surface area contributed by atoms with Crippen molar-refractivity contribution in [2.24, 2.45) is 0 Å². The van der Waals surface area contributed by atoms with E-state index in [9.17, 15) is 0 Å². The smallest absolute Gasteiger partial charge is 0.0717 e. The molecule has 2 aromatic heterocycles. The maximum absolute atomic E-state index is 5.01. The Morgan fingerprint density at radius 1 is 0.560 bits per heavy atom. The molecule has 0 saturated heterocycles. The van der Waals surface area contributed by atoms with E-state index in [1.165, 1.54) is 60.8 Å². The van der Waals surface area contributed by atoms with Crippen LogP contribution < -0.4 is 0 Å². The van der Waals surface area contributed by atoms with Gasteiger partial charge in [0.15, 0.2) is 0 Å². The van der Waals surface area contributed by atoms with Gasteiger partial charge in [0.1, 0.15) is 0 Å². The molecule has 0 fully saturated rings. The molecule has 8 aromatic rings. The van der Waals surface area contributed by atoms with Crippen molar-refractivity contribution in [2.45, 2.75) is 18.3 Å². The maximum atomic E-state index is 5.01. The lowest BCUT2D eigenvalue weighted by Gasteiger charge is -2.36. The van der Waals surface area contributed by atoms with E-state index >= 15 is 0 Å². The Morgan fingerprint density at radius 3 is 1.88 bits per heavy atom. The fourth-order valence-electron chi connectivity index (χ4n) is 8.71. The second-order valence-electron chi connectivity index (χ2n) is 13.4. The predicted molar refractivity (Wildman–Crippen MR) is 208 cm³/mol. The van der Waals surface area contributed by atoms with Gasteiger partial charge >= 0.3 is 0 Å². The summed E-state index contributed by atoms with van der Waals surface area (Å²) in [6.07, 6.45) is 8.88. The zero-order chi connectivity index (χ0) is 33.1. The van der Waals surface area contributed by atoms with Gasteiger partial charge < -0.3 is 4.57 Å². The first-order valence-corrected chi connectivity index (χ1v) is 17.5. The summed E-state index contributed by atoms with van der Waals surface area (Å²) in [6.45, 7) is 0. The van der Waals surface area contributed by atoms with Crippen molar-refractivity contribution >= 4 is 27.4 Å². The summed E-state index contributed by atoms with van der Waals surface area (Å²) >= 11 is 0. The van der Waals surface area contributed by atoms with E-state index in [1.807, 2.05) is 6.20 Å². The molecule has 0 radical (unpaired) electrons. The van der Waals surface area contributed by atoms with Crippen LogP contribution >= 0.6 is 0 Å². The largest absolute Gasteiger partial charge is 0.309 e. The molecule has 2 nitrogen and oxygen atoms in total. The summed E-state index contributed by atoms with van der Waals surface area (Å²) in [5.74, 6) is 0. The monoisotopic (exact) mass is 638 g/mol. The van der Waals surface area contributed by atoms with Crippen molar-refractivity contribution in [3.63, 3.8) is 0 Å². The van der Waals surface area contributed by atoms with Crippen LogP contribution in [0.3, 0.4) is 0 Å². The first-order valence-electron chi connectivity index (χ1n) is 17.5. The number of allylic oxidation sites excluding steroid dienone is 4. The van der Waals surface area contributed by atoms with E-state index in [4.69, 9.17) is 4.98 Å². The molecule has 0 saturated carbocycles. The Morgan fingerprint density at radius 2 is 1.20 bits per heavy atom. The Bertz CT molecular complexity index is 2550. The number of fused-ring (bicyclic) bond motifs is 6. The molecule has 0 N–H and O–H groups in total. The molecule has 2 aliphatic rings. The molecule has 0 unspecified atom stereocenters. The molecule has 236 valence electrons. The van der Waals surface area contributed by atoms with Gasteiger partial charge in [0.05, 0.1) is 22.1 Å². The highest BCUT2D eigenvalue weighted by Crippen LogP contribution is 2.60. The van der Waals surface area contributed by atoms with E-state index in [2.05, 4.69) is 181 Å². The number of benzene rings is 6. The first-order chi connectivity index (χ1) is 24.8. The van der Waals surface area contributed by atoms with Crippen molar-refractivity contribution in [2.75, 3.05) is 0 Å². The number of nitrogens with zero attached hydrogens (tertiary/aromatic N) is 2. The standard InChI is InChI=1S/C48H34N2/c1-5-15-33(16-6-1)35-25-28-43(49-32-35)34-26-29-44-41(31-34)46-45(50(44)38-21-11-4-12-22-38)30-27-40-39-23-13-14-24-42(39)48(47(40)46,36-17-7-2-8-18-36)37-19-9-3-10-20-37/h1-12,14-22,24-32H,13,23H2. The Balaban J connectivity index is 1.32. The van der Waals surface area contributed by atoms with Gasteiger partial charge in [0.25, 0.3) is 0 Å². The van der Waals surface area contributed by atoms with Gasteiger partial charge in [-0.1, -0.05) is 140 Å². The zero-order valence-electron chi connectivity index (χ0n) is 27.6. The normalized spacial score (nSPS) is 14.6. The maximum Gasteiger partial charge on any atom is 0.0717 e. The molecule has 50 heavy (non-hydrogen) atoms. The van der Waals surface area contributed by atoms with E-state index in [1.54, 1.807) is 0 Å². The van der Waals surface area contributed by atoms with Gasteiger partial charge in [-0.2, -0.15) is 0 Å². The number of pyridine rings is 1. The molecule has 2 aliphatic carbocycles. The third kappa shape index (κ3) is 4.18. The van der Waals surface area contributed by atoms with Crippen LogP contribution in [-0.4, -0.2) is 9.55 Å². The van der Waals surface area contributed by atoms with Crippen molar-refractivity contribution in [1.29, 1.82) is 0 Å². The van der Waals surface area contributed by atoms with Crippen molar-refractivity contribution in [1.82, 2.24) is 9.55 Å². The average molecular weight is 639 g/mol. The SMILES string of the molecule is C1=CC2=C(CC1)c1ccc3c(c1C2(c1ccccc1)c1ccccc1)c1cc(-c2ccc(-c4ccccc4)cn2)ccc1n3-c1ccccc1. The van der Waals surface area contributed by atoms with E-state index in [-0.39, 0.29) is 0 Å². The van der Waals surface area contributed by atoms with Crippen LogP contribution in [0.1, 0.15) is 35.1 Å². The van der Waals surface area contributed by atoms with E-state index in [0.29, 0.717) is 0 Å². The van der Waals surface area contributed by atoms with Crippen LogP contribution in [0.15, 0.2) is 188 Å². The minimum absolute atomic E-state index is 0.467. The lowest BCUT2D eigenvalue weighted by atomic mass is 9.65. The number of hydrogen-bond acceptors (Lipinski definition) is 1. The van der Waals surface area contributed by atoms with E-state index in [0.717, 1.165) is 35.3 Å². The summed E-state index contributed by atoms with van der Waals surface area (Å²) in [5.41, 5.74) is 15.7. The average Bonchev–Trinajstić information content (AvgIpc) is 3.70. The number of rotatable bonds is 5. The summed E-state index contributed by atoms with van der Waals surface area (Å²) in [7, 11) is 0. The summed E-state index contributed by atoms with van der Waals surface area (Å²) in [6, 6.07) is 59.7. The zero-order valence-corrected chi connectivity index (χ0v) is 27.6. The van der Waals surface area contributed by atoms with Gasteiger partial charge in [-0.05, 0) is 88.2 Å².